The molecule has 0 aliphatic rings. The average Bonchev–Trinajstić information content (AvgIpc) is 2.66. The third kappa shape index (κ3) is 14.5. The first-order valence-electron chi connectivity index (χ1n) is 11.3. The van der Waals surface area contributed by atoms with Crippen molar-refractivity contribution in [3.8, 4) is 5.75 Å². The van der Waals surface area contributed by atoms with Gasteiger partial charge in [0.15, 0.2) is 4.90 Å². The summed E-state index contributed by atoms with van der Waals surface area (Å²) in [5.74, 6) is 0.980. The summed E-state index contributed by atoms with van der Waals surface area (Å²) in [6.45, 7) is 3.14. The van der Waals surface area contributed by atoms with Crippen molar-refractivity contribution in [1.82, 2.24) is 0 Å². The van der Waals surface area contributed by atoms with E-state index in [4.69, 9.17) is 4.74 Å². The predicted molar refractivity (Wildman–Crippen MR) is 120 cm³/mol. The Hall–Kier alpha value is -0.630. The van der Waals surface area contributed by atoms with Crippen LogP contribution in [0.1, 0.15) is 110 Å². The Balaban J connectivity index is 1.72. The molecule has 2 heteroatoms. The molecule has 0 heterocycles. The summed E-state index contributed by atoms with van der Waals surface area (Å²) in [6.07, 6.45) is 22.5. The second-order valence-electron chi connectivity index (χ2n) is 7.68. The van der Waals surface area contributed by atoms with Gasteiger partial charge in [0, 0.05) is 0 Å². The highest BCUT2D eigenvalue weighted by Crippen LogP contribution is 2.15. The summed E-state index contributed by atoms with van der Waals surface area (Å²) in [4.78, 5) is 1.10. The molecule has 1 aromatic rings. The lowest BCUT2D eigenvalue weighted by Crippen LogP contribution is -1.97. The van der Waals surface area contributed by atoms with Crippen LogP contribution in [0, 0.1) is 0 Å². The van der Waals surface area contributed by atoms with E-state index in [1.165, 1.54) is 103 Å². The lowest BCUT2D eigenvalue weighted by atomic mass is 10.0. The van der Waals surface area contributed by atoms with Gasteiger partial charge in [0.2, 0.25) is 0 Å². The second kappa shape index (κ2) is 17.8. The molecule has 0 saturated heterocycles. The smallest absolute Gasteiger partial charge is 0.150 e. The van der Waals surface area contributed by atoms with E-state index in [-0.39, 0.29) is 0 Å². The highest BCUT2D eigenvalue weighted by molar-refractivity contribution is 7.58. The standard InChI is InChI=1S/C24H42OS/c1-2-3-4-5-6-7-8-9-10-11-12-13-14-15-16-17-22-25-23-18-20-24(26)21-19-23/h18-21,26H,2-17,22H2,1H3/p+1. The first-order valence-corrected chi connectivity index (χ1v) is 11.8. The van der Waals surface area contributed by atoms with Crippen LogP contribution in [-0.4, -0.2) is 6.61 Å². The molecule has 0 aliphatic heterocycles. The minimum Gasteiger partial charge on any atom is -0.494 e. The zero-order chi connectivity index (χ0) is 18.7. The van der Waals surface area contributed by atoms with Crippen LogP contribution in [-0.2, 0) is 12.6 Å². The molecule has 1 rings (SSSR count). The number of unbranched alkanes of at least 4 members (excludes halogenated alkanes) is 15. The molecule has 0 N–H and O–H groups in total. The molecule has 0 spiro atoms. The molecular formula is C24H43OS+. The molecule has 1 nitrogen and oxygen atoms in total. The van der Waals surface area contributed by atoms with Crippen molar-refractivity contribution in [2.24, 2.45) is 0 Å². The van der Waals surface area contributed by atoms with Gasteiger partial charge in [-0.3, -0.25) is 0 Å². The molecule has 26 heavy (non-hydrogen) atoms. The van der Waals surface area contributed by atoms with E-state index >= 15 is 0 Å². The van der Waals surface area contributed by atoms with Crippen molar-refractivity contribution in [2.45, 2.75) is 115 Å². The van der Waals surface area contributed by atoms with Gasteiger partial charge in [0.05, 0.1) is 6.61 Å². The van der Waals surface area contributed by atoms with E-state index < -0.39 is 0 Å². The number of rotatable bonds is 18. The number of hydrogen-bond acceptors (Lipinski definition) is 1. The van der Waals surface area contributed by atoms with E-state index in [0.717, 1.165) is 17.3 Å². The van der Waals surface area contributed by atoms with Crippen molar-refractivity contribution in [2.75, 3.05) is 6.61 Å². The van der Waals surface area contributed by atoms with Gasteiger partial charge >= 0.3 is 0 Å². The Morgan fingerprint density at radius 2 is 0.962 bits per heavy atom. The summed E-state index contributed by atoms with van der Waals surface area (Å²) in [7, 11) is 0. The van der Waals surface area contributed by atoms with Crippen LogP contribution in [0.3, 0.4) is 0 Å². The third-order valence-corrected chi connectivity index (χ3v) is 5.45. The van der Waals surface area contributed by atoms with E-state index in [1.807, 2.05) is 24.3 Å². The first-order chi connectivity index (χ1) is 12.8. The quantitative estimate of drug-likeness (QED) is 0.187. The van der Waals surface area contributed by atoms with Crippen molar-refractivity contribution in [3.05, 3.63) is 24.3 Å². The fourth-order valence-corrected chi connectivity index (χ4v) is 3.56. The van der Waals surface area contributed by atoms with Gasteiger partial charge in [-0.1, -0.05) is 103 Å². The lowest BCUT2D eigenvalue weighted by molar-refractivity contribution is 0.304. The van der Waals surface area contributed by atoms with Gasteiger partial charge in [-0.15, -0.1) is 0 Å². The molecule has 0 bridgehead atoms. The summed E-state index contributed by atoms with van der Waals surface area (Å²) in [5.41, 5.74) is 0. The maximum absolute atomic E-state index is 5.76. The number of hydrogen-bond donors (Lipinski definition) is 0. The minimum absolute atomic E-state index is 0.847. The van der Waals surface area contributed by atoms with Crippen LogP contribution < -0.4 is 4.74 Å². The molecule has 150 valence electrons. The molecule has 1 aromatic carbocycles. The monoisotopic (exact) mass is 379 g/mol. The van der Waals surface area contributed by atoms with Gasteiger partial charge in [-0.2, -0.15) is 0 Å². The zero-order valence-electron chi connectivity index (χ0n) is 17.2. The molecule has 0 saturated carbocycles. The third-order valence-electron chi connectivity index (χ3n) is 5.12. The molecule has 0 fully saturated rings. The average molecular weight is 380 g/mol. The van der Waals surface area contributed by atoms with E-state index in [9.17, 15) is 0 Å². The maximum atomic E-state index is 5.76. The second-order valence-corrected chi connectivity index (χ2v) is 8.25. The number of benzene rings is 1. The normalized spacial score (nSPS) is 11.0. The Bertz CT molecular complexity index is 401. The Kier molecular flexibility index (Phi) is 16.0. The van der Waals surface area contributed by atoms with Gasteiger partial charge in [-0.25, -0.2) is 0 Å². The molecule has 0 aromatic heterocycles. The van der Waals surface area contributed by atoms with Crippen LogP contribution in [0.15, 0.2) is 29.2 Å². The Morgan fingerprint density at radius 1 is 0.577 bits per heavy atom. The van der Waals surface area contributed by atoms with Crippen molar-refractivity contribution < 1.29 is 4.74 Å². The van der Waals surface area contributed by atoms with Crippen molar-refractivity contribution >= 4 is 12.6 Å². The SMILES string of the molecule is CCCCCCCCCCCCCCCCCCOc1ccc([SH2+])cc1. The lowest BCUT2D eigenvalue weighted by Gasteiger charge is -2.06. The topological polar surface area (TPSA) is 9.23 Å². The number of ether oxygens (including phenoxy) is 1. The Morgan fingerprint density at radius 3 is 1.38 bits per heavy atom. The Labute approximate surface area is 168 Å². The van der Waals surface area contributed by atoms with Gasteiger partial charge in [0.25, 0.3) is 0 Å². The van der Waals surface area contributed by atoms with E-state index in [1.54, 1.807) is 0 Å². The fourth-order valence-electron chi connectivity index (χ4n) is 3.39. The van der Waals surface area contributed by atoms with Crippen LogP contribution in [0.4, 0.5) is 0 Å². The molecule has 0 radical (unpaired) electrons. The van der Waals surface area contributed by atoms with Gasteiger partial charge in [-0.05, 0) is 43.3 Å². The van der Waals surface area contributed by atoms with Crippen LogP contribution in [0.2, 0.25) is 0 Å². The maximum Gasteiger partial charge on any atom is 0.150 e. The molecule has 0 unspecified atom stereocenters. The molecular weight excluding hydrogens is 336 g/mol. The minimum atomic E-state index is 0.847. The summed E-state index contributed by atoms with van der Waals surface area (Å²) >= 11 is 3.49. The predicted octanol–water partition coefficient (Wildman–Crippen LogP) is 7.70. The van der Waals surface area contributed by atoms with Gasteiger partial charge in [0.1, 0.15) is 5.75 Å². The molecule has 0 atom stereocenters. The van der Waals surface area contributed by atoms with E-state index in [0.29, 0.717) is 0 Å². The molecule has 0 aliphatic carbocycles. The van der Waals surface area contributed by atoms with Crippen LogP contribution in [0.25, 0.3) is 0 Å². The first kappa shape index (κ1) is 23.4. The van der Waals surface area contributed by atoms with Crippen molar-refractivity contribution in [3.63, 3.8) is 0 Å². The largest absolute Gasteiger partial charge is 0.494 e. The van der Waals surface area contributed by atoms with Crippen LogP contribution in [0.5, 0.6) is 5.75 Å². The summed E-state index contributed by atoms with van der Waals surface area (Å²) in [6, 6.07) is 8.10. The highest BCUT2D eigenvalue weighted by Gasteiger charge is 1.97. The van der Waals surface area contributed by atoms with Crippen molar-refractivity contribution in [1.29, 1.82) is 0 Å². The zero-order valence-corrected chi connectivity index (χ0v) is 18.2. The summed E-state index contributed by atoms with van der Waals surface area (Å²) in [5, 5.41) is 0. The van der Waals surface area contributed by atoms with Crippen LogP contribution >= 0.6 is 0 Å². The highest BCUT2D eigenvalue weighted by atomic mass is 32.1. The van der Waals surface area contributed by atoms with E-state index in [2.05, 4.69) is 19.6 Å². The molecule has 0 amide bonds. The summed E-state index contributed by atoms with van der Waals surface area (Å²) < 4.78 is 5.76. The fraction of sp³-hybridized carbons (Fsp3) is 0.750. The van der Waals surface area contributed by atoms with Gasteiger partial charge < -0.3 is 4.74 Å².